The number of rotatable bonds is 3. The Morgan fingerprint density at radius 1 is 0.875 bits per heavy atom. The third-order valence-electron chi connectivity index (χ3n) is 2.33. The zero-order chi connectivity index (χ0) is 11.4. The first kappa shape index (κ1) is 10.6. The lowest BCUT2D eigenvalue weighted by Gasteiger charge is -2.01. The highest BCUT2D eigenvalue weighted by atomic mass is 19.1. The molecular formula is C13H9BFO. The highest BCUT2D eigenvalue weighted by Crippen LogP contribution is 2.08. The van der Waals surface area contributed by atoms with Gasteiger partial charge in [0.05, 0.1) is 0 Å². The number of benzene rings is 2. The number of carbonyl (C=O) groups is 1. The van der Waals surface area contributed by atoms with Crippen LogP contribution >= 0.6 is 0 Å². The van der Waals surface area contributed by atoms with Crippen LogP contribution in [0.25, 0.3) is 0 Å². The smallest absolute Gasteiger partial charge is 0.335 e. The van der Waals surface area contributed by atoms with Crippen molar-refractivity contribution in [3.05, 3.63) is 65.7 Å². The number of carbonyl (C=O) groups excluding carboxylic acids is 1. The van der Waals surface area contributed by atoms with Crippen molar-refractivity contribution in [2.75, 3.05) is 0 Å². The van der Waals surface area contributed by atoms with Gasteiger partial charge in [-0.25, -0.2) is 0 Å². The molecule has 0 bridgehead atoms. The Labute approximate surface area is 94.2 Å². The minimum absolute atomic E-state index is 0.0500. The number of ketones is 1. The summed E-state index contributed by atoms with van der Waals surface area (Å²) in [6.07, 6.45) is 0. The lowest BCUT2D eigenvalue weighted by atomic mass is 9.90. The van der Waals surface area contributed by atoms with Crippen LogP contribution in [0.3, 0.4) is 0 Å². The Morgan fingerprint density at radius 2 is 1.44 bits per heavy atom. The molecule has 0 aromatic heterocycles. The Morgan fingerprint density at radius 3 is 2.00 bits per heavy atom. The van der Waals surface area contributed by atoms with Crippen LogP contribution in [0, 0.1) is 0 Å². The maximum atomic E-state index is 12.2. The molecule has 1 radical (unpaired) electrons. The lowest BCUT2D eigenvalue weighted by Crippen LogP contribution is -2.10. The number of hydrogen-bond donors (Lipinski definition) is 0. The Balaban J connectivity index is 2.28. The SMILES string of the molecule is O=C(c1ccccc1)c1ccc([B]F)cc1. The molecule has 16 heavy (non-hydrogen) atoms. The summed E-state index contributed by atoms with van der Waals surface area (Å²) >= 11 is 0. The standard InChI is InChI=1S/C13H9BFO/c15-14-12-8-6-11(7-9-12)13(16)10-4-2-1-3-5-10/h1-9H. The topological polar surface area (TPSA) is 17.1 Å². The molecule has 0 spiro atoms. The van der Waals surface area contributed by atoms with Crippen molar-refractivity contribution in [3.63, 3.8) is 0 Å². The van der Waals surface area contributed by atoms with Gasteiger partial charge in [-0.05, 0) is 5.46 Å². The second-order valence-corrected chi connectivity index (χ2v) is 3.43. The molecule has 0 amide bonds. The third-order valence-corrected chi connectivity index (χ3v) is 2.33. The van der Waals surface area contributed by atoms with Crippen LogP contribution in [0.2, 0.25) is 0 Å². The first-order chi connectivity index (χ1) is 7.81. The van der Waals surface area contributed by atoms with Gasteiger partial charge in [-0.2, -0.15) is 0 Å². The summed E-state index contributed by atoms with van der Waals surface area (Å²) in [6.45, 7) is 0. The fourth-order valence-electron chi connectivity index (χ4n) is 1.46. The summed E-state index contributed by atoms with van der Waals surface area (Å²) in [5.74, 6) is -0.0500. The summed E-state index contributed by atoms with van der Waals surface area (Å²) < 4.78 is 12.2. The highest BCUT2D eigenvalue weighted by molar-refractivity contribution is 6.46. The molecule has 0 aliphatic carbocycles. The first-order valence-corrected chi connectivity index (χ1v) is 4.94. The van der Waals surface area contributed by atoms with Gasteiger partial charge in [0.1, 0.15) is 0 Å². The van der Waals surface area contributed by atoms with E-state index in [0.29, 0.717) is 24.1 Å². The average molecular weight is 211 g/mol. The molecule has 0 atom stereocenters. The van der Waals surface area contributed by atoms with Crippen LogP contribution < -0.4 is 5.46 Å². The van der Waals surface area contributed by atoms with Crippen molar-refractivity contribution >= 4 is 18.8 Å². The molecule has 0 fully saturated rings. The summed E-state index contributed by atoms with van der Waals surface area (Å²) in [6, 6.07) is 15.4. The lowest BCUT2D eigenvalue weighted by molar-refractivity contribution is 0.103. The Hall–Kier alpha value is -1.90. The molecule has 0 heterocycles. The van der Waals surface area contributed by atoms with Gasteiger partial charge in [0, 0.05) is 11.1 Å². The second kappa shape index (κ2) is 4.75. The number of hydrogen-bond acceptors (Lipinski definition) is 1. The molecule has 0 saturated carbocycles. The minimum Gasteiger partial charge on any atom is -0.335 e. The van der Waals surface area contributed by atoms with E-state index in [9.17, 15) is 9.11 Å². The van der Waals surface area contributed by atoms with E-state index >= 15 is 0 Å². The van der Waals surface area contributed by atoms with E-state index in [1.54, 1.807) is 36.4 Å². The summed E-state index contributed by atoms with van der Waals surface area (Å²) in [4.78, 5) is 11.9. The number of halogens is 1. The molecule has 0 saturated heterocycles. The van der Waals surface area contributed by atoms with Gasteiger partial charge in [0.15, 0.2) is 5.78 Å². The van der Waals surface area contributed by atoms with Crippen molar-refractivity contribution in [2.24, 2.45) is 0 Å². The van der Waals surface area contributed by atoms with Gasteiger partial charge in [-0.1, -0.05) is 54.6 Å². The predicted molar refractivity (Wildman–Crippen MR) is 62.8 cm³/mol. The first-order valence-electron chi connectivity index (χ1n) is 4.94. The summed E-state index contributed by atoms with van der Waals surface area (Å²) in [5.41, 5.74) is 1.67. The largest absolute Gasteiger partial charge is 0.391 e. The quantitative estimate of drug-likeness (QED) is 0.561. The predicted octanol–water partition coefficient (Wildman–Crippen LogP) is 2.13. The van der Waals surface area contributed by atoms with Crippen LogP contribution in [-0.4, -0.2) is 13.3 Å². The molecule has 0 aliphatic rings. The van der Waals surface area contributed by atoms with Crippen molar-refractivity contribution in [3.8, 4) is 0 Å². The van der Waals surface area contributed by atoms with Crippen molar-refractivity contribution < 1.29 is 9.11 Å². The van der Waals surface area contributed by atoms with E-state index in [1.807, 2.05) is 18.2 Å². The molecule has 0 aliphatic heterocycles. The van der Waals surface area contributed by atoms with E-state index in [2.05, 4.69) is 0 Å². The van der Waals surface area contributed by atoms with Crippen molar-refractivity contribution in [1.29, 1.82) is 0 Å². The molecule has 3 heteroatoms. The maximum Gasteiger partial charge on any atom is 0.391 e. The van der Waals surface area contributed by atoms with E-state index in [4.69, 9.17) is 0 Å². The van der Waals surface area contributed by atoms with Gasteiger partial charge in [-0.15, -0.1) is 0 Å². The van der Waals surface area contributed by atoms with Crippen LogP contribution in [0.15, 0.2) is 54.6 Å². The zero-order valence-corrected chi connectivity index (χ0v) is 8.56. The highest BCUT2D eigenvalue weighted by Gasteiger charge is 2.07. The van der Waals surface area contributed by atoms with Crippen LogP contribution in [-0.2, 0) is 0 Å². The van der Waals surface area contributed by atoms with Gasteiger partial charge in [0.25, 0.3) is 0 Å². The molecule has 2 aromatic carbocycles. The maximum absolute atomic E-state index is 12.2. The molecule has 2 aromatic rings. The Bertz CT molecular complexity index is 479. The average Bonchev–Trinajstić information content (AvgIpc) is 2.39. The fourth-order valence-corrected chi connectivity index (χ4v) is 1.46. The second-order valence-electron chi connectivity index (χ2n) is 3.43. The fraction of sp³-hybridized carbons (Fsp3) is 0. The van der Waals surface area contributed by atoms with Gasteiger partial charge in [0.2, 0.25) is 0 Å². The van der Waals surface area contributed by atoms with E-state index in [-0.39, 0.29) is 5.78 Å². The molecule has 0 N–H and O–H groups in total. The molecule has 1 nitrogen and oxygen atoms in total. The van der Waals surface area contributed by atoms with Crippen LogP contribution in [0.5, 0.6) is 0 Å². The third kappa shape index (κ3) is 2.19. The molecular weight excluding hydrogens is 202 g/mol. The summed E-state index contributed by atoms with van der Waals surface area (Å²) in [5, 5.41) is 0. The van der Waals surface area contributed by atoms with Gasteiger partial charge >= 0.3 is 7.56 Å². The summed E-state index contributed by atoms with van der Waals surface area (Å²) in [7, 11) is 0.511. The van der Waals surface area contributed by atoms with E-state index < -0.39 is 0 Å². The van der Waals surface area contributed by atoms with Crippen LogP contribution in [0.4, 0.5) is 4.32 Å². The van der Waals surface area contributed by atoms with Gasteiger partial charge in [-0.3, -0.25) is 4.79 Å². The normalized spacial score (nSPS) is 9.81. The van der Waals surface area contributed by atoms with E-state index in [1.165, 1.54) is 0 Å². The molecule has 77 valence electrons. The van der Waals surface area contributed by atoms with Crippen molar-refractivity contribution in [1.82, 2.24) is 0 Å². The molecule has 0 unspecified atom stereocenters. The molecule has 2 rings (SSSR count). The van der Waals surface area contributed by atoms with E-state index in [0.717, 1.165) is 0 Å². The zero-order valence-electron chi connectivity index (χ0n) is 8.56. The van der Waals surface area contributed by atoms with Crippen molar-refractivity contribution in [2.45, 2.75) is 0 Å². The Kier molecular flexibility index (Phi) is 3.15. The minimum atomic E-state index is -0.0500. The monoisotopic (exact) mass is 211 g/mol. The van der Waals surface area contributed by atoms with Crippen LogP contribution in [0.1, 0.15) is 15.9 Å². The van der Waals surface area contributed by atoms with Gasteiger partial charge < -0.3 is 4.32 Å².